The van der Waals surface area contributed by atoms with E-state index in [0.29, 0.717) is 50.8 Å². The van der Waals surface area contributed by atoms with Gasteiger partial charge >= 0.3 is 6.18 Å². The molecular weight excluding hydrogens is 543 g/mol. The minimum Gasteiger partial charge on any atom is -0.508 e. The summed E-state index contributed by atoms with van der Waals surface area (Å²) in [5.74, 6) is 1.28. The summed E-state index contributed by atoms with van der Waals surface area (Å²) in [6, 6.07) is 8.83. The van der Waals surface area contributed by atoms with Crippen molar-refractivity contribution in [2.24, 2.45) is 5.92 Å². The number of phenols is 1. The lowest BCUT2D eigenvalue weighted by Gasteiger charge is -2.42. The highest BCUT2D eigenvalue weighted by Crippen LogP contribution is 2.42. The molecule has 1 aromatic carbocycles. The average Bonchev–Trinajstić information content (AvgIpc) is 3.57. The number of rotatable bonds is 4. The molecule has 2 atom stereocenters. The van der Waals surface area contributed by atoms with Gasteiger partial charge in [0.25, 0.3) is 0 Å². The average molecular weight is 572 g/mol. The maximum Gasteiger partial charge on any atom is 0.451 e. The van der Waals surface area contributed by atoms with Gasteiger partial charge in [-0.05, 0) is 37.0 Å². The molecule has 0 radical (unpaired) electrons. The topological polar surface area (TPSA) is 92.4 Å². The molecule has 2 saturated heterocycles. The minimum atomic E-state index is -4.50. The number of piperidine rings is 1. The van der Waals surface area contributed by atoms with Crippen LogP contribution >= 0.6 is 11.3 Å². The number of likely N-dealkylation sites (tertiary alicyclic amines) is 1. The molecule has 9 nitrogen and oxygen atoms in total. The first-order valence-electron chi connectivity index (χ1n) is 13.5. The summed E-state index contributed by atoms with van der Waals surface area (Å²) in [6.07, 6.45) is -2.55. The molecule has 0 spiro atoms. The molecule has 1 N–H and O–H groups in total. The fraction of sp³-hybridized carbons (Fsp3) is 0.481. The Balaban J connectivity index is 1.16. The highest BCUT2D eigenvalue weighted by molar-refractivity contribution is 7.19. The molecule has 210 valence electrons. The van der Waals surface area contributed by atoms with E-state index >= 15 is 0 Å². The van der Waals surface area contributed by atoms with Gasteiger partial charge in [-0.25, -0.2) is 9.97 Å². The van der Waals surface area contributed by atoms with E-state index in [1.165, 1.54) is 4.57 Å². The van der Waals surface area contributed by atoms with Crippen molar-refractivity contribution >= 4 is 27.4 Å². The van der Waals surface area contributed by atoms with Crippen LogP contribution in [0.1, 0.15) is 35.4 Å². The summed E-state index contributed by atoms with van der Waals surface area (Å²) < 4.78 is 48.7. The van der Waals surface area contributed by atoms with Crippen LogP contribution in [0.25, 0.3) is 21.6 Å². The number of aromatic hydroxyl groups is 1. The maximum absolute atomic E-state index is 13.6. The first-order valence-corrected chi connectivity index (χ1v) is 14.3. The fourth-order valence-electron chi connectivity index (χ4n) is 6.24. The van der Waals surface area contributed by atoms with Gasteiger partial charge in [0, 0.05) is 55.6 Å². The number of fused-ring (bicyclic) bond motifs is 4. The highest BCUT2D eigenvalue weighted by Gasteiger charge is 2.44. The molecule has 3 aliphatic rings. The van der Waals surface area contributed by atoms with Gasteiger partial charge in [0.15, 0.2) is 11.6 Å². The van der Waals surface area contributed by atoms with E-state index in [2.05, 4.69) is 26.1 Å². The quantitative estimate of drug-likeness (QED) is 0.382. The van der Waals surface area contributed by atoms with Crippen LogP contribution in [0.3, 0.4) is 0 Å². The summed E-state index contributed by atoms with van der Waals surface area (Å²) in [5.41, 5.74) is 1.60. The zero-order valence-electron chi connectivity index (χ0n) is 21.6. The molecule has 7 rings (SSSR count). The van der Waals surface area contributed by atoms with Crippen LogP contribution in [0.15, 0.2) is 30.3 Å². The zero-order chi connectivity index (χ0) is 27.4. The van der Waals surface area contributed by atoms with E-state index in [0.717, 1.165) is 52.5 Å². The third-order valence-electron chi connectivity index (χ3n) is 8.07. The van der Waals surface area contributed by atoms with Crippen molar-refractivity contribution in [3.63, 3.8) is 0 Å². The number of anilines is 1. The maximum atomic E-state index is 13.6. The van der Waals surface area contributed by atoms with Crippen molar-refractivity contribution in [1.82, 2.24) is 29.6 Å². The second kappa shape index (κ2) is 9.96. The van der Waals surface area contributed by atoms with E-state index in [1.54, 1.807) is 29.5 Å². The summed E-state index contributed by atoms with van der Waals surface area (Å²) in [7, 11) is 0. The number of benzene rings is 1. The first kappa shape index (κ1) is 25.7. The van der Waals surface area contributed by atoms with Crippen molar-refractivity contribution in [2.45, 2.75) is 38.0 Å². The Bertz CT molecular complexity index is 1550. The van der Waals surface area contributed by atoms with Gasteiger partial charge in [-0.1, -0.05) is 12.1 Å². The van der Waals surface area contributed by atoms with Gasteiger partial charge in [0.1, 0.15) is 11.6 Å². The highest BCUT2D eigenvalue weighted by atomic mass is 32.1. The lowest BCUT2D eigenvalue weighted by molar-refractivity contribution is -0.149. The number of halogens is 3. The lowest BCUT2D eigenvalue weighted by Crippen LogP contribution is -2.44. The van der Waals surface area contributed by atoms with E-state index in [-0.39, 0.29) is 17.7 Å². The van der Waals surface area contributed by atoms with Crippen molar-refractivity contribution in [3.8, 4) is 17.1 Å². The van der Waals surface area contributed by atoms with E-state index in [9.17, 15) is 18.3 Å². The molecule has 2 fully saturated rings. The van der Waals surface area contributed by atoms with Crippen LogP contribution in [0.2, 0.25) is 0 Å². The van der Waals surface area contributed by atoms with Crippen LogP contribution in [0.4, 0.5) is 19.0 Å². The van der Waals surface area contributed by atoms with E-state index in [4.69, 9.17) is 14.7 Å². The molecule has 4 aromatic rings. The van der Waals surface area contributed by atoms with Gasteiger partial charge in [0.2, 0.25) is 5.82 Å². The Kier molecular flexibility index (Phi) is 6.39. The molecule has 40 heavy (non-hydrogen) atoms. The third kappa shape index (κ3) is 4.69. The SMILES string of the molecule is Oc1cccc(-c2nc(N3CCOCC3)c3sc(CN4CC[C@H]5[C@@H](CCc6nnc(C(F)(F)F)n65)C4)cc3n2)c1. The predicted molar refractivity (Wildman–Crippen MR) is 143 cm³/mol. The number of alkyl halides is 3. The smallest absolute Gasteiger partial charge is 0.451 e. The normalized spacial score (nSPS) is 21.9. The fourth-order valence-corrected chi connectivity index (χ4v) is 7.39. The zero-order valence-corrected chi connectivity index (χ0v) is 22.5. The predicted octanol–water partition coefficient (Wildman–Crippen LogP) is 4.52. The Hall–Kier alpha value is -3.29. The van der Waals surface area contributed by atoms with Crippen LogP contribution in [0, 0.1) is 5.92 Å². The van der Waals surface area contributed by atoms with Crippen molar-refractivity contribution in [1.29, 1.82) is 0 Å². The van der Waals surface area contributed by atoms with Crippen molar-refractivity contribution < 1.29 is 23.0 Å². The van der Waals surface area contributed by atoms with Crippen molar-refractivity contribution in [3.05, 3.63) is 46.9 Å². The molecule has 3 aliphatic heterocycles. The summed E-state index contributed by atoms with van der Waals surface area (Å²) in [4.78, 5) is 15.5. The van der Waals surface area contributed by atoms with Gasteiger partial charge < -0.3 is 19.3 Å². The van der Waals surface area contributed by atoms with Gasteiger partial charge in [0.05, 0.1) is 23.4 Å². The molecule has 0 saturated carbocycles. The number of morpholine rings is 1. The van der Waals surface area contributed by atoms with Gasteiger partial charge in [-0.2, -0.15) is 13.2 Å². The standard InChI is InChI=1S/C27H28F3N7O2S/c28-27(29,30)26-34-33-22-5-4-17-14-35(7-6-21(17)37(22)26)15-19-13-20-23(40-19)25(36-8-10-39-11-9-36)32-24(31-20)16-2-1-3-18(38)12-16/h1-3,12-13,17,21,38H,4-11,14-15H2/t17-,21-/m0/s1. The van der Waals surface area contributed by atoms with Crippen LogP contribution < -0.4 is 4.90 Å². The number of hydrogen-bond acceptors (Lipinski definition) is 9. The van der Waals surface area contributed by atoms with E-state index in [1.807, 2.05) is 6.07 Å². The molecule has 0 amide bonds. The number of hydrogen-bond donors (Lipinski definition) is 1. The summed E-state index contributed by atoms with van der Waals surface area (Å²) in [6.45, 7) is 4.86. The Labute approximate surface area is 232 Å². The van der Waals surface area contributed by atoms with Crippen LogP contribution in [-0.2, 0) is 23.9 Å². The Morgan fingerprint density at radius 3 is 2.70 bits per heavy atom. The minimum absolute atomic E-state index is 0.119. The van der Waals surface area contributed by atoms with Gasteiger partial charge in [-0.3, -0.25) is 4.90 Å². The Morgan fingerprint density at radius 2 is 1.90 bits per heavy atom. The molecule has 0 bridgehead atoms. The molecule has 3 aromatic heterocycles. The molecule has 0 aliphatic carbocycles. The van der Waals surface area contributed by atoms with Crippen LogP contribution in [0.5, 0.6) is 5.75 Å². The summed E-state index contributed by atoms with van der Waals surface area (Å²) >= 11 is 1.67. The Morgan fingerprint density at radius 1 is 1.05 bits per heavy atom. The number of phenolic OH excluding ortho intramolecular Hbond substituents is 1. The molecule has 0 unspecified atom stereocenters. The molecule has 6 heterocycles. The number of thiophene rings is 1. The number of aryl methyl sites for hydroxylation is 1. The van der Waals surface area contributed by atoms with Gasteiger partial charge in [-0.15, -0.1) is 21.5 Å². The van der Waals surface area contributed by atoms with Crippen LogP contribution in [-0.4, -0.2) is 74.1 Å². The molecular formula is C27H28F3N7O2S. The first-order chi connectivity index (χ1) is 19.3. The lowest BCUT2D eigenvalue weighted by atomic mass is 9.85. The largest absolute Gasteiger partial charge is 0.508 e. The molecule has 13 heteroatoms. The van der Waals surface area contributed by atoms with Crippen molar-refractivity contribution in [2.75, 3.05) is 44.3 Å². The third-order valence-corrected chi connectivity index (χ3v) is 9.17. The number of nitrogens with zero attached hydrogens (tertiary/aromatic N) is 7. The second-order valence-corrected chi connectivity index (χ2v) is 11.8. The second-order valence-electron chi connectivity index (χ2n) is 10.6. The monoisotopic (exact) mass is 571 g/mol. The number of aromatic nitrogens is 5. The van der Waals surface area contributed by atoms with E-state index < -0.39 is 12.0 Å². The summed E-state index contributed by atoms with van der Waals surface area (Å²) in [5, 5.41) is 17.4. The number of ether oxygens (including phenoxy) is 1.